The van der Waals surface area contributed by atoms with Crippen molar-refractivity contribution in [2.24, 2.45) is 46.3 Å². The average Bonchev–Trinajstić information content (AvgIpc) is 3.12. The molecule has 2 heterocycles. The van der Waals surface area contributed by atoms with Crippen LogP contribution < -0.4 is 0 Å². The molecule has 4 aliphatic carbocycles. The fraction of sp³-hybridized carbons (Fsp3) is 0.862. The lowest BCUT2D eigenvalue weighted by Crippen LogP contribution is -2.73. The Morgan fingerprint density at radius 2 is 1.75 bits per heavy atom. The van der Waals surface area contributed by atoms with Gasteiger partial charge in [0.2, 0.25) is 0 Å². The summed E-state index contributed by atoms with van der Waals surface area (Å²) in [6, 6.07) is 0. The lowest BCUT2D eigenvalue weighted by molar-refractivity contribution is -0.497. The standard InChI is InChI=1S/C29H46O3/c1-7-21(19(2)3)9-8-20(4)23-10-11-24-26(23,5)14-13-25-27(6)15-12-22(30)18-28(27)16-17-29(24,25)32-31-28/h8-9,16-17,19-25,30H,7,10-15,18H2,1-6H3/t20-,21+,22+,23-,24-,25-,26-,27-,28-,29+/m1/s1. The predicted octanol–water partition coefficient (Wildman–Crippen LogP) is 6.86. The van der Waals surface area contributed by atoms with Gasteiger partial charge in [-0.1, -0.05) is 59.8 Å². The molecule has 0 aromatic heterocycles. The van der Waals surface area contributed by atoms with E-state index < -0.39 is 5.60 Å². The monoisotopic (exact) mass is 442 g/mol. The summed E-state index contributed by atoms with van der Waals surface area (Å²) in [6.45, 7) is 14.4. The Hall–Kier alpha value is -0.640. The molecule has 3 saturated carbocycles. The van der Waals surface area contributed by atoms with Crippen LogP contribution >= 0.6 is 0 Å². The number of rotatable bonds is 5. The lowest BCUT2D eigenvalue weighted by Gasteiger charge is -2.69. The molecule has 6 rings (SSSR count). The largest absolute Gasteiger partial charge is 0.393 e. The second-order valence-corrected chi connectivity index (χ2v) is 13.0. The van der Waals surface area contributed by atoms with Crippen molar-refractivity contribution in [1.82, 2.24) is 0 Å². The normalized spacial score (nSPS) is 51.5. The molecule has 6 aliphatic rings. The Balaban J connectivity index is 1.44. The lowest BCUT2D eigenvalue weighted by atomic mass is 9.43. The summed E-state index contributed by atoms with van der Waals surface area (Å²) in [5, 5.41) is 10.4. The maximum Gasteiger partial charge on any atom is 0.130 e. The molecule has 2 bridgehead atoms. The van der Waals surface area contributed by atoms with Crippen molar-refractivity contribution in [3.8, 4) is 0 Å². The van der Waals surface area contributed by atoms with Crippen molar-refractivity contribution in [2.45, 2.75) is 110 Å². The Kier molecular flexibility index (Phi) is 5.55. The number of hydrogen-bond donors (Lipinski definition) is 1. The third kappa shape index (κ3) is 2.96. The van der Waals surface area contributed by atoms with Crippen LogP contribution in [0.3, 0.4) is 0 Å². The minimum atomic E-state index is -0.440. The highest BCUT2D eigenvalue weighted by molar-refractivity contribution is 5.33. The molecule has 1 saturated heterocycles. The van der Waals surface area contributed by atoms with Crippen LogP contribution in [0.5, 0.6) is 0 Å². The molecule has 0 aromatic carbocycles. The topological polar surface area (TPSA) is 38.7 Å². The minimum absolute atomic E-state index is 0.0653. The van der Waals surface area contributed by atoms with Crippen LogP contribution in [0.25, 0.3) is 0 Å². The number of aliphatic hydroxyl groups is 1. The van der Waals surface area contributed by atoms with E-state index in [4.69, 9.17) is 9.78 Å². The SMILES string of the molecule is CC[C@@H](C=C[C@@H](C)[C@H]1CC[C@@H]2[C@]1(C)CC[C@H]1[C@]23C=C[C@]2(C[C@@H](O)CC[C@]12C)OO3)C(C)C. The van der Waals surface area contributed by atoms with Crippen LogP contribution in [0.4, 0.5) is 0 Å². The van der Waals surface area contributed by atoms with Gasteiger partial charge < -0.3 is 5.11 Å². The molecular formula is C29H46O3. The first-order valence-electron chi connectivity index (χ1n) is 13.6. The van der Waals surface area contributed by atoms with E-state index in [0.717, 1.165) is 12.8 Å². The molecule has 32 heavy (non-hydrogen) atoms. The molecule has 10 atom stereocenters. The Morgan fingerprint density at radius 1 is 0.969 bits per heavy atom. The number of fused-ring (bicyclic) bond motifs is 2. The highest BCUT2D eigenvalue weighted by Gasteiger charge is 2.74. The zero-order valence-electron chi connectivity index (χ0n) is 21.3. The predicted molar refractivity (Wildman–Crippen MR) is 129 cm³/mol. The Bertz CT molecular complexity index is 787. The molecule has 1 N–H and O–H groups in total. The van der Waals surface area contributed by atoms with Crippen LogP contribution in [0, 0.1) is 46.3 Å². The Labute approximate surface area is 195 Å². The van der Waals surface area contributed by atoms with Gasteiger partial charge >= 0.3 is 0 Å². The van der Waals surface area contributed by atoms with Gasteiger partial charge in [0.1, 0.15) is 11.2 Å². The van der Waals surface area contributed by atoms with Crippen molar-refractivity contribution >= 4 is 0 Å². The molecule has 0 aromatic rings. The van der Waals surface area contributed by atoms with E-state index >= 15 is 0 Å². The van der Waals surface area contributed by atoms with E-state index in [-0.39, 0.29) is 22.5 Å². The number of hydrogen-bond acceptors (Lipinski definition) is 3. The molecule has 0 unspecified atom stereocenters. The smallest absolute Gasteiger partial charge is 0.130 e. The fourth-order valence-electron chi connectivity index (χ4n) is 9.29. The van der Waals surface area contributed by atoms with Crippen LogP contribution in [-0.4, -0.2) is 22.4 Å². The van der Waals surface area contributed by atoms with Crippen LogP contribution in [-0.2, 0) is 9.78 Å². The molecule has 3 heteroatoms. The van der Waals surface area contributed by atoms with Gasteiger partial charge in [-0.2, -0.15) is 0 Å². The van der Waals surface area contributed by atoms with Gasteiger partial charge in [0, 0.05) is 23.7 Å². The first kappa shape index (κ1) is 23.1. The van der Waals surface area contributed by atoms with Gasteiger partial charge in [0.05, 0.1) is 6.10 Å². The number of aliphatic hydroxyl groups excluding tert-OH is 1. The van der Waals surface area contributed by atoms with Crippen molar-refractivity contribution in [1.29, 1.82) is 0 Å². The summed E-state index contributed by atoms with van der Waals surface area (Å²) in [5.41, 5.74) is -0.371. The van der Waals surface area contributed by atoms with Crippen LogP contribution in [0.2, 0.25) is 0 Å². The summed E-state index contributed by atoms with van der Waals surface area (Å²) in [5.74, 6) is 3.70. The summed E-state index contributed by atoms with van der Waals surface area (Å²) in [6.07, 6.45) is 18.3. The highest BCUT2D eigenvalue weighted by Crippen LogP contribution is 2.72. The summed E-state index contributed by atoms with van der Waals surface area (Å²) in [7, 11) is 0. The number of allylic oxidation sites excluding steroid dienone is 2. The van der Waals surface area contributed by atoms with Crippen molar-refractivity contribution in [3.63, 3.8) is 0 Å². The van der Waals surface area contributed by atoms with Gasteiger partial charge in [-0.15, -0.1) is 0 Å². The van der Waals surface area contributed by atoms with Gasteiger partial charge in [0.25, 0.3) is 0 Å². The maximum atomic E-state index is 10.4. The molecule has 2 aliphatic heterocycles. The maximum absolute atomic E-state index is 10.4. The first-order chi connectivity index (χ1) is 15.1. The van der Waals surface area contributed by atoms with Crippen LogP contribution in [0.15, 0.2) is 24.3 Å². The molecule has 180 valence electrons. The summed E-state index contributed by atoms with van der Waals surface area (Å²) < 4.78 is 0. The van der Waals surface area contributed by atoms with E-state index in [1.54, 1.807) is 0 Å². The molecule has 2 spiro atoms. The second-order valence-electron chi connectivity index (χ2n) is 13.0. The van der Waals surface area contributed by atoms with Crippen molar-refractivity contribution < 1.29 is 14.9 Å². The van der Waals surface area contributed by atoms with E-state index in [0.29, 0.717) is 41.9 Å². The molecule has 3 nitrogen and oxygen atoms in total. The van der Waals surface area contributed by atoms with E-state index in [1.165, 1.54) is 32.1 Å². The summed E-state index contributed by atoms with van der Waals surface area (Å²) in [4.78, 5) is 12.8. The van der Waals surface area contributed by atoms with Crippen LogP contribution in [0.1, 0.15) is 92.9 Å². The van der Waals surface area contributed by atoms with Gasteiger partial charge in [-0.05, 0) is 80.1 Å². The van der Waals surface area contributed by atoms with E-state index in [9.17, 15) is 5.11 Å². The zero-order valence-corrected chi connectivity index (χ0v) is 21.3. The average molecular weight is 443 g/mol. The molecule has 4 fully saturated rings. The van der Waals surface area contributed by atoms with Gasteiger partial charge in [-0.25, -0.2) is 9.78 Å². The molecular weight excluding hydrogens is 396 g/mol. The Morgan fingerprint density at radius 3 is 2.41 bits per heavy atom. The molecule has 0 radical (unpaired) electrons. The highest BCUT2D eigenvalue weighted by atomic mass is 17.2. The third-order valence-electron chi connectivity index (χ3n) is 11.3. The first-order valence-corrected chi connectivity index (χ1v) is 13.6. The zero-order chi connectivity index (χ0) is 22.9. The second kappa shape index (κ2) is 7.68. The fourth-order valence-corrected chi connectivity index (χ4v) is 9.29. The van der Waals surface area contributed by atoms with Gasteiger partial charge in [-0.3, -0.25) is 0 Å². The van der Waals surface area contributed by atoms with E-state index in [2.05, 4.69) is 65.8 Å². The van der Waals surface area contributed by atoms with Crippen molar-refractivity contribution in [2.75, 3.05) is 0 Å². The quantitative estimate of drug-likeness (QED) is 0.373. The third-order valence-corrected chi connectivity index (χ3v) is 11.3. The van der Waals surface area contributed by atoms with Gasteiger partial charge in [0.15, 0.2) is 0 Å². The van der Waals surface area contributed by atoms with Crippen molar-refractivity contribution in [3.05, 3.63) is 24.3 Å². The molecule has 0 amide bonds. The minimum Gasteiger partial charge on any atom is -0.393 e. The van der Waals surface area contributed by atoms with E-state index in [1.807, 2.05) is 0 Å². The summed E-state index contributed by atoms with van der Waals surface area (Å²) >= 11 is 0.